The summed E-state index contributed by atoms with van der Waals surface area (Å²) in [4.78, 5) is 27.5. The monoisotopic (exact) mass is 319 g/mol. The summed E-state index contributed by atoms with van der Waals surface area (Å²) in [5.74, 6) is -0.104. The van der Waals surface area contributed by atoms with Crippen LogP contribution in [0.1, 0.15) is 25.3 Å². The lowest BCUT2D eigenvalue weighted by Gasteiger charge is -2.25. The molecular weight excluding hydrogens is 294 g/mol. The summed E-state index contributed by atoms with van der Waals surface area (Å²) in [5, 5.41) is 2.81. The second kappa shape index (κ2) is 7.46. The van der Waals surface area contributed by atoms with Gasteiger partial charge in [0.1, 0.15) is 6.61 Å². The molecule has 1 N–H and O–H groups in total. The molecule has 2 rings (SSSR count). The van der Waals surface area contributed by atoms with E-state index >= 15 is 0 Å². The number of nitrogens with zero attached hydrogens (tertiary/aromatic N) is 2. The third-order valence-electron chi connectivity index (χ3n) is 3.85. The van der Waals surface area contributed by atoms with Crippen molar-refractivity contribution >= 4 is 23.2 Å². The summed E-state index contributed by atoms with van der Waals surface area (Å²) in [7, 11) is 5.43. The third kappa shape index (κ3) is 4.69. The minimum absolute atomic E-state index is 0.0202. The quantitative estimate of drug-likeness (QED) is 0.833. The van der Waals surface area contributed by atoms with Gasteiger partial charge in [0.2, 0.25) is 11.8 Å². The van der Waals surface area contributed by atoms with Crippen LogP contribution in [0.3, 0.4) is 0 Å². The number of hydrogen-bond donors (Lipinski definition) is 1. The molecule has 0 aromatic heterocycles. The molecule has 1 aliphatic carbocycles. The van der Waals surface area contributed by atoms with Gasteiger partial charge in [0.05, 0.1) is 0 Å². The van der Waals surface area contributed by atoms with Gasteiger partial charge in [-0.05, 0) is 36.6 Å². The molecule has 1 aromatic rings. The van der Waals surface area contributed by atoms with E-state index in [0.717, 1.165) is 24.1 Å². The van der Waals surface area contributed by atoms with Crippen LogP contribution >= 0.6 is 0 Å². The first-order valence-corrected chi connectivity index (χ1v) is 7.78. The Morgan fingerprint density at radius 1 is 1.30 bits per heavy atom. The predicted octanol–water partition coefficient (Wildman–Crippen LogP) is 1.85. The summed E-state index contributed by atoms with van der Waals surface area (Å²) in [5.41, 5.74) is 2.78. The van der Waals surface area contributed by atoms with Crippen molar-refractivity contribution in [2.24, 2.45) is 0 Å². The molecule has 1 saturated carbocycles. The van der Waals surface area contributed by atoms with E-state index in [1.165, 1.54) is 7.11 Å². The standard InChI is InChI=1S/C17H25N3O3/c1-12(21)20(15-6-7-15)10-13-9-14(18-17(22)11-23-4)5-8-16(13)19(2)3/h5,8-9,15H,6-7,10-11H2,1-4H3,(H,18,22). The van der Waals surface area contributed by atoms with Crippen LogP contribution in [0.15, 0.2) is 18.2 Å². The van der Waals surface area contributed by atoms with E-state index in [-0.39, 0.29) is 18.4 Å². The van der Waals surface area contributed by atoms with Gasteiger partial charge in [-0.3, -0.25) is 9.59 Å². The molecule has 126 valence electrons. The topological polar surface area (TPSA) is 61.9 Å². The Kier molecular flexibility index (Phi) is 5.60. The molecule has 0 unspecified atom stereocenters. The maximum absolute atomic E-state index is 11.9. The van der Waals surface area contributed by atoms with Gasteiger partial charge < -0.3 is 19.9 Å². The summed E-state index contributed by atoms with van der Waals surface area (Å²) in [6.45, 7) is 2.19. The van der Waals surface area contributed by atoms with Crippen LogP contribution in [-0.4, -0.2) is 50.6 Å². The van der Waals surface area contributed by atoms with Crippen LogP contribution in [0.5, 0.6) is 0 Å². The van der Waals surface area contributed by atoms with Gasteiger partial charge in [-0.1, -0.05) is 0 Å². The average molecular weight is 319 g/mol. The Labute approximate surface area is 137 Å². The molecule has 0 saturated heterocycles. The van der Waals surface area contributed by atoms with Gasteiger partial charge >= 0.3 is 0 Å². The van der Waals surface area contributed by atoms with Crippen LogP contribution in [0.2, 0.25) is 0 Å². The Morgan fingerprint density at radius 3 is 2.52 bits per heavy atom. The zero-order valence-electron chi connectivity index (χ0n) is 14.3. The third-order valence-corrected chi connectivity index (χ3v) is 3.85. The largest absolute Gasteiger partial charge is 0.377 e. The molecule has 0 atom stereocenters. The maximum atomic E-state index is 11.9. The molecule has 1 aliphatic rings. The number of benzene rings is 1. The summed E-state index contributed by atoms with van der Waals surface area (Å²) in [6.07, 6.45) is 2.14. The smallest absolute Gasteiger partial charge is 0.250 e. The number of methoxy groups -OCH3 is 1. The SMILES string of the molecule is COCC(=O)Nc1ccc(N(C)C)c(CN(C(C)=O)C2CC2)c1. The van der Waals surface area contributed by atoms with Crippen molar-refractivity contribution in [3.63, 3.8) is 0 Å². The minimum Gasteiger partial charge on any atom is -0.377 e. The van der Waals surface area contributed by atoms with Crippen LogP contribution in [0.4, 0.5) is 11.4 Å². The molecule has 0 bridgehead atoms. The number of carbonyl (C=O) groups is 2. The van der Waals surface area contributed by atoms with E-state index in [0.29, 0.717) is 18.3 Å². The van der Waals surface area contributed by atoms with Gasteiger partial charge in [0.25, 0.3) is 0 Å². The normalized spacial score (nSPS) is 13.6. The highest BCUT2D eigenvalue weighted by atomic mass is 16.5. The lowest BCUT2D eigenvalue weighted by molar-refractivity contribution is -0.130. The van der Waals surface area contributed by atoms with Gasteiger partial charge in [0.15, 0.2) is 0 Å². The first-order valence-electron chi connectivity index (χ1n) is 7.78. The molecule has 0 spiro atoms. The van der Waals surface area contributed by atoms with Gasteiger partial charge in [-0.25, -0.2) is 0 Å². The zero-order chi connectivity index (χ0) is 17.0. The maximum Gasteiger partial charge on any atom is 0.250 e. The first-order chi connectivity index (χ1) is 10.9. The predicted molar refractivity (Wildman–Crippen MR) is 90.5 cm³/mol. The Hall–Kier alpha value is -2.08. The molecule has 6 nitrogen and oxygen atoms in total. The lowest BCUT2D eigenvalue weighted by atomic mass is 10.1. The van der Waals surface area contributed by atoms with E-state index < -0.39 is 0 Å². The Morgan fingerprint density at radius 2 is 2.00 bits per heavy atom. The van der Waals surface area contributed by atoms with Crippen molar-refractivity contribution in [3.8, 4) is 0 Å². The highest BCUT2D eigenvalue weighted by molar-refractivity contribution is 5.92. The molecule has 23 heavy (non-hydrogen) atoms. The fraction of sp³-hybridized carbons (Fsp3) is 0.529. The van der Waals surface area contributed by atoms with E-state index in [9.17, 15) is 9.59 Å². The Balaban J connectivity index is 2.22. The zero-order valence-corrected chi connectivity index (χ0v) is 14.3. The number of rotatable bonds is 7. The van der Waals surface area contributed by atoms with Crippen molar-refractivity contribution in [2.75, 3.05) is 38.0 Å². The van der Waals surface area contributed by atoms with Crippen LogP contribution in [0.25, 0.3) is 0 Å². The van der Waals surface area contributed by atoms with E-state index in [1.807, 2.05) is 42.1 Å². The number of amides is 2. The highest BCUT2D eigenvalue weighted by Gasteiger charge is 2.31. The van der Waals surface area contributed by atoms with Gasteiger partial charge in [-0.2, -0.15) is 0 Å². The van der Waals surface area contributed by atoms with E-state index in [1.54, 1.807) is 6.92 Å². The second-order valence-corrected chi connectivity index (χ2v) is 6.10. The van der Waals surface area contributed by atoms with Crippen molar-refractivity contribution in [2.45, 2.75) is 32.4 Å². The van der Waals surface area contributed by atoms with Crippen LogP contribution < -0.4 is 10.2 Å². The molecule has 0 radical (unpaired) electrons. The van der Waals surface area contributed by atoms with Crippen LogP contribution in [0, 0.1) is 0 Å². The lowest BCUT2D eigenvalue weighted by Crippen LogP contribution is -2.31. The fourth-order valence-electron chi connectivity index (χ4n) is 2.62. The first kappa shape index (κ1) is 17.3. The molecule has 1 aromatic carbocycles. The number of nitrogens with one attached hydrogen (secondary N) is 1. The average Bonchev–Trinajstić information content (AvgIpc) is 3.29. The molecule has 0 aliphatic heterocycles. The summed E-state index contributed by atoms with van der Waals surface area (Å²) < 4.78 is 4.83. The second-order valence-electron chi connectivity index (χ2n) is 6.10. The summed E-state index contributed by atoms with van der Waals surface area (Å²) >= 11 is 0. The number of hydrogen-bond acceptors (Lipinski definition) is 4. The molecule has 6 heteroatoms. The Bertz CT molecular complexity index is 582. The molecular formula is C17H25N3O3. The summed E-state index contributed by atoms with van der Waals surface area (Å²) in [6, 6.07) is 6.11. The van der Waals surface area contributed by atoms with Gasteiger partial charge in [-0.15, -0.1) is 0 Å². The molecule has 2 amide bonds. The number of anilines is 2. The van der Waals surface area contributed by atoms with Crippen molar-refractivity contribution in [1.82, 2.24) is 4.90 Å². The van der Waals surface area contributed by atoms with Crippen molar-refractivity contribution in [1.29, 1.82) is 0 Å². The number of ether oxygens (including phenoxy) is 1. The van der Waals surface area contributed by atoms with Crippen molar-refractivity contribution in [3.05, 3.63) is 23.8 Å². The molecule has 1 fully saturated rings. The molecule has 0 heterocycles. The fourth-order valence-corrected chi connectivity index (χ4v) is 2.62. The minimum atomic E-state index is -0.193. The van der Waals surface area contributed by atoms with E-state index in [2.05, 4.69) is 5.32 Å². The van der Waals surface area contributed by atoms with Crippen LogP contribution in [-0.2, 0) is 20.9 Å². The van der Waals surface area contributed by atoms with Crippen molar-refractivity contribution < 1.29 is 14.3 Å². The van der Waals surface area contributed by atoms with Gasteiger partial charge in [0, 0.05) is 52.1 Å². The highest BCUT2D eigenvalue weighted by Crippen LogP contribution is 2.31. The van der Waals surface area contributed by atoms with E-state index in [4.69, 9.17) is 4.74 Å². The number of carbonyl (C=O) groups excluding carboxylic acids is 2.